The van der Waals surface area contributed by atoms with Crippen molar-refractivity contribution in [3.63, 3.8) is 0 Å². The van der Waals surface area contributed by atoms with Crippen LogP contribution in [0.2, 0.25) is 5.02 Å². The van der Waals surface area contributed by atoms with Gasteiger partial charge in [-0.1, -0.05) is 25.4 Å². The molecule has 90 valence electrons. The van der Waals surface area contributed by atoms with Gasteiger partial charge in [0.15, 0.2) is 0 Å². The Bertz CT molecular complexity index is 361. The first-order valence-corrected chi connectivity index (χ1v) is 6.06. The van der Waals surface area contributed by atoms with Gasteiger partial charge in [-0.05, 0) is 37.0 Å². The third-order valence-electron chi connectivity index (χ3n) is 2.76. The topological polar surface area (TPSA) is 29.3 Å². The Morgan fingerprint density at radius 3 is 2.56 bits per heavy atom. The average molecular weight is 241 g/mol. The molecule has 2 N–H and O–H groups in total. The first kappa shape index (κ1) is 13.2. The molecule has 0 atom stereocenters. The molecule has 3 heteroatoms. The molecule has 1 aromatic carbocycles. The van der Waals surface area contributed by atoms with Crippen LogP contribution in [0.25, 0.3) is 0 Å². The Morgan fingerprint density at radius 1 is 1.38 bits per heavy atom. The van der Waals surface area contributed by atoms with E-state index >= 15 is 0 Å². The van der Waals surface area contributed by atoms with Gasteiger partial charge in [-0.15, -0.1) is 0 Å². The first-order valence-electron chi connectivity index (χ1n) is 5.68. The van der Waals surface area contributed by atoms with Gasteiger partial charge in [-0.3, -0.25) is 0 Å². The Morgan fingerprint density at radius 2 is 2.00 bits per heavy atom. The molecular weight excluding hydrogens is 220 g/mol. The predicted octanol–water partition coefficient (Wildman–Crippen LogP) is 3.71. The third-order valence-corrected chi connectivity index (χ3v) is 3.17. The number of aryl methyl sites for hydroxylation is 1. The van der Waals surface area contributed by atoms with Gasteiger partial charge in [-0.2, -0.15) is 0 Å². The van der Waals surface area contributed by atoms with Gasteiger partial charge in [0.05, 0.1) is 11.4 Å². The highest BCUT2D eigenvalue weighted by Gasteiger charge is 2.08. The summed E-state index contributed by atoms with van der Waals surface area (Å²) in [6.07, 6.45) is 1.16. The molecule has 0 saturated carbocycles. The first-order chi connectivity index (χ1) is 7.41. The van der Waals surface area contributed by atoms with Crippen LogP contribution in [0.5, 0.6) is 0 Å². The number of hydrogen-bond acceptors (Lipinski definition) is 2. The summed E-state index contributed by atoms with van der Waals surface area (Å²) in [7, 11) is 2.07. The zero-order valence-corrected chi connectivity index (χ0v) is 11.3. The van der Waals surface area contributed by atoms with Gasteiger partial charge >= 0.3 is 0 Å². The van der Waals surface area contributed by atoms with Gasteiger partial charge in [-0.25, -0.2) is 0 Å². The maximum absolute atomic E-state index is 6.02. The second-order valence-corrected chi connectivity index (χ2v) is 5.17. The van der Waals surface area contributed by atoms with Gasteiger partial charge in [0, 0.05) is 18.6 Å². The standard InChI is InChI=1S/C13H21ClN2/c1-9(2)5-6-16(4)13-7-10(3)11(14)8-12(13)15/h7-9H,5-6,15H2,1-4H3. The summed E-state index contributed by atoms with van der Waals surface area (Å²) >= 11 is 6.02. The Kier molecular flexibility index (Phi) is 4.48. The molecule has 0 fully saturated rings. The lowest BCUT2D eigenvalue weighted by atomic mass is 10.1. The molecule has 0 amide bonds. The van der Waals surface area contributed by atoms with Crippen LogP contribution in [0.4, 0.5) is 11.4 Å². The van der Waals surface area contributed by atoms with Crippen LogP contribution in [0.3, 0.4) is 0 Å². The maximum atomic E-state index is 6.02. The van der Waals surface area contributed by atoms with Crippen molar-refractivity contribution < 1.29 is 0 Å². The number of rotatable bonds is 4. The maximum Gasteiger partial charge on any atom is 0.0601 e. The minimum atomic E-state index is 0.706. The quantitative estimate of drug-likeness (QED) is 0.813. The van der Waals surface area contributed by atoms with Gasteiger partial charge in [0.2, 0.25) is 0 Å². The van der Waals surface area contributed by atoms with Crippen LogP contribution in [0.1, 0.15) is 25.8 Å². The van der Waals surface area contributed by atoms with Crippen molar-refractivity contribution in [3.05, 3.63) is 22.7 Å². The number of benzene rings is 1. The van der Waals surface area contributed by atoms with Crippen molar-refractivity contribution in [2.45, 2.75) is 27.2 Å². The van der Waals surface area contributed by atoms with Crippen LogP contribution in [-0.2, 0) is 0 Å². The second kappa shape index (κ2) is 5.44. The largest absolute Gasteiger partial charge is 0.397 e. The SMILES string of the molecule is Cc1cc(N(C)CCC(C)C)c(N)cc1Cl. The minimum Gasteiger partial charge on any atom is -0.397 e. The number of nitrogens with two attached hydrogens (primary N) is 1. The zero-order chi connectivity index (χ0) is 12.3. The van der Waals surface area contributed by atoms with E-state index in [-0.39, 0.29) is 0 Å². The highest BCUT2D eigenvalue weighted by molar-refractivity contribution is 6.31. The molecule has 0 aliphatic carbocycles. The monoisotopic (exact) mass is 240 g/mol. The highest BCUT2D eigenvalue weighted by atomic mass is 35.5. The van der Waals surface area contributed by atoms with Gasteiger partial charge in [0.25, 0.3) is 0 Å². The molecule has 0 aromatic heterocycles. The molecule has 0 bridgehead atoms. The van der Waals surface area contributed by atoms with Crippen molar-refractivity contribution >= 4 is 23.0 Å². The Labute approximate surface area is 103 Å². The summed E-state index contributed by atoms with van der Waals surface area (Å²) in [5.41, 5.74) is 8.87. The van der Waals surface area contributed by atoms with Crippen molar-refractivity contribution in [3.8, 4) is 0 Å². The molecule has 0 heterocycles. The molecule has 0 spiro atoms. The molecular formula is C13H21ClN2. The lowest BCUT2D eigenvalue weighted by molar-refractivity contribution is 0.585. The fraction of sp³-hybridized carbons (Fsp3) is 0.538. The van der Waals surface area contributed by atoms with Crippen LogP contribution in [0, 0.1) is 12.8 Å². The van der Waals surface area contributed by atoms with E-state index < -0.39 is 0 Å². The number of nitrogens with zero attached hydrogens (tertiary/aromatic N) is 1. The number of hydrogen-bond donors (Lipinski definition) is 1. The molecule has 2 nitrogen and oxygen atoms in total. The van der Waals surface area contributed by atoms with E-state index in [1.54, 1.807) is 0 Å². The summed E-state index contributed by atoms with van der Waals surface area (Å²) in [4.78, 5) is 2.19. The fourth-order valence-electron chi connectivity index (χ4n) is 1.58. The molecule has 1 rings (SSSR count). The number of halogens is 1. The minimum absolute atomic E-state index is 0.706. The van der Waals surface area contributed by atoms with Crippen LogP contribution < -0.4 is 10.6 Å². The summed E-state index contributed by atoms with van der Waals surface area (Å²) in [5.74, 6) is 0.706. The third kappa shape index (κ3) is 3.31. The molecule has 16 heavy (non-hydrogen) atoms. The van der Waals surface area contributed by atoms with Crippen molar-refractivity contribution in [2.24, 2.45) is 5.92 Å². The number of anilines is 2. The average Bonchev–Trinajstić information content (AvgIpc) is 2.20. The molecule has 0 aliphatic rings. The van der Waals surface area contributed by atoms with E-state index in [9.17, 15) is 0 Å². The molecule has 0 radical (unpaired) electrons. The summed E-state index contributed by atoms with van der Waals surface area (Å²) in [5, 5.41) is 0.735. The predicted molar refractivity (Wildman–Crippen MR) is 73.3 cm³/mol. The van der Waals surface area contributed by atoms with E-state index in [4.69, 9.17) is 17.3 Å². The summed E-state index contributed by atoms with van der Waals surface area (Å²) in [6, 6.07) is 3.89. The lowest BCUT2D eigenvalue weighted by Crippen LogP contribution is -2.21. The summed E-state index contributed by atoms with van der Waals surface area (Å²) < 4.78 is 0. The Balaban J connectivity index is 2.82. The van der Waals surface area contributed by atoms with E-state index in [0.29, 0.717) is 5.92 Å². The Hall–Kier alpha value is -0.890. The second-order valence-electron chi connectivity index (χ2n) is 4.76. The van der Waals surface area contributed by atoms with Gasteiger partial charge in [0.1, 0.15) is 0 Å². The van der Waals surface area contributed by atoms with Crippen molar-refractivity contribution in [2.75, 3.05) is 24.2 Å². The van der Waals surface area contributed by atoms with E-state index in [0.717, 1.165) is 34.9 Å². The van der Waals surface area contributed by atoms with Crippen LogP contribution in [0.15, 0.2) is 12.1 Å². The van der Waals surface area contributed by atoms with Crippen LogP contribution in [-0.4, -0.2) is 13.6 Å². The van der Waals surface area contributed by atoms with E-state index in [2.05, 4.69) is 31.9 Å². The normalized spacial score (nSPS) is 10.9. The smallest absolute Gasteiger partial charge is 0.0601 e. The summed E-state index contributed by atoms with van der Waals surface area (Å²) in [6.45, 7) is 7.47. The molecule has 1 aromatic rings. The number of nitrogen functional groups attached to an aromatic ring is 1. The lowest BCUT2D eigenvalue weighted by Gasteiger charge is -2.23. The zero-order valence-electron chi connectivity index (χ0n) is 10.5. The van der Waals surface area contributed by atoms with E-state index in [1.807, 2.05) is 13.0 Å². The van der Waals surface area contributed by atoms with Crippen LogP contribution >= 0.6 is 11.6 Å². The van der Waals surface area contributed by atoms with Gasteiger partial charge < -0.3 is 10.6 Å². The highest BCUT2D eigenvalue weighted by Crippen LogP contribution is 2.29. The van der Waals surface area contributed by atoms with Crippen molar-refractivity contribution in [1.29, 1.82) is 0 Å². The van der Waals surface area contributed by atoms with Crippen molar-refractivity contribution in [1.82, 2.24) is 0 Å². The fourth-order valence-corrected chi connectivity index (χ4v) is 1.76. The molecule has 0 unspecified atom stereocenters. The molecule has 0 aliphatic heterocycles. The van der Waals surface area contributed by atoms with E-state index in [1.165, 1.54) is 0 Å². The molecule has 0 saturated heterocycles.